The number of ketones is 1. The molecule has 1 amide bonds. The highest BCUT2D eigenvalue weighted by Crippen LogP contribution is 2.16. The van der Waals surface area contributed by atoms with Crippen LogP contribution in [0.3, 0.4) is 0 Å². The van der Waals surface area contributed by atoms with Crippen molar-refractivity contribution >= 4 is 11.7 Å². The summed E-state index contributed by atoms with van der Waals surface area (Å²) in [7, 11) is 0. The van der Waals surface area contributed by atoms with Gasteiger partial charge >= 0.3 is 0 Å². The Hall–Kier alpha value is -0.940. The van der Waals surface area contributed by atoms with Crippen LogP contribution in [0, 0.1) is 11.8 Å². The summed E-state index contributed by atoms with van der Waals surface area (Å²) < 4.78 is 0. The van der Waals surface area contributed by atoms with E-state index in [9.17, 15) is 9.59 Å². The first-order valence-electron chi connectivity index (χ1n) is 8.16. The van der Waals surface area contributed by atoms with Gasteiger partial charge in [0.25, 0.3) is 0 Å². The van der Waals surface area contributed by atoms with Gasteiger partial charge in [-0.2, -0.15) is 0 Å². The number of nitrogens with one attached hydrogen (secondary N) is 2. The lowest BCUT2D eigenvalue weighted by molar-refractivity contribution is -0.128. The van der Waals surface area contributed by atoms with Crippen LogP contribution in [0.1, 0.15) is 40.5 Å². The van der Waals surface area contributed by atoms with E-state index in [0.717, 1.165) is 44.9 Å². The van der Waals surface area contributed by atoms with E-state index < -0.39 is 0 Å². The molecular formula is C16H31N3O2. The summed E-state index contributed by atoms with van der Waals surface area (Å²) in [5.41, 5.74) is 0. The van der Waals surface area contributed by atoms with Crippen molar-refractivity contribution in [1.29, 1.82) is 0 Å². The van der Waals surface area contributed by atoms with Gasteiger partial charge in [0.1, 0.15) is 0 Å². The third-order valence-electron chi connectivity index (χ3n) is 4.18. The lowest BCUT2D eigenvalue weighted by Crippen LogP contribution is -2.49. The van der Waals surface area contributed by atoms with Crippen molar-refractivity contribution in [2.24, 2.45) is 11.8 Å². The second-order valence-electron chi connectivity index (χ2n) is 6.43. The fraction of sp³-hybridized carbons (Fsp3) is 0.875. The van der Waals surface area contributed by atoms with Gasteiger partial charge in [0.05, 0.1) is 12.6 Å². The van der Waals surface area contributed by atoms with Crippen molar-refractivity contribution in [2.45, 2.75) is 46.6 Å². The summed E-state index contributed by atoms with van der Waals surface area (Å²) in [5.74, 6) is 0.860. The van der Waals surface area contributed by atoms with Gasteiger partial charge in [-0.3, -0.25) is 14.5 Å². The van der Waals surface area contributed by atoms with Crippen LogP contribution < -0.4 is 10.6 Å². The van der Waals surface area contributed by atoms with Gasteiger partial charge in [-0.25, -0.2) is 0 Å². The summed E-state index contributed by atoms with van der Waals surface area (Å²) in [6.45, 7) is 12.0. The van der Waals surface area contributed by atoms with Gasteiger partial charge in [-0.15, -0.1) is 0 Å². The number of piperidine rings is 1. The maximum Gasteiger partial charge on any atom is 0.234 e. The van der Waals surface area contributed by atoms with Crippen molar-refractivity contribution in [2.75, 3.05) is 32.7 Å². The second kappa shape index (κ2) is 9.15. The molecule has 0 aromatic rings. The molecule has 122 valence electrons. The third kappa shape index (κ3) is 6.57. The number of likely N-dealkylation sites (tertiary alicyclic amines) is 1. The summed E-state index contributed by atoms with van der Waals surface area (Å²) in [6, 6.07) is -0.358. The molecule has 5 heteroatoms. The van der Waals surface area contributed by atoms with Crippen LogP contribution in [0.5, 0.6) is 0 Å². The molecule has 0 aromatic carbocycles. The number of rotatable bonds is 8. The highest BCUT2D eigenvalue weighted by molar-refractivity contribution is 5.88. The Bertz CT molecular complexity index is 336. The minimum absolute atomic E-state index is 0.0303. The van der Waals surface area contributed by atoms with Crippen LogP contribution in [0.15, 0.2) is 0 Å². The van der Waals surface area contributed by atoms with Crippen molar-refractivity contribution < 1.29 is 9.59 Å². The number of nitrogens with zero attached hydrogens (tertiary/aromatic N) is 1. The molecule has 1 rings (SSSR count). The zero-order valence-electron chi connectivity index (χ0n) is 13.9. The van der Waals surface area contributed by atoms with E-state index >= 15 is 0 Å². The van der Waals surface area contributed by atoms with Crippen molar-refractivity contribution in [1.82, 2.24) is 15.5 Å². The Morgan fingerprint density at radius 2 is 1.86 bits per heavy atom. The number of carbonyl (C=O) groups excluding carboxylic acids is 2. The van der Waals surface area contributed by atoms with E-state index in [2.05, 4.69) is 22.5 Å². The first-order chi connectivity index (χ1) is 9.93. The van der Waals surface area contributed by atoms with E-state index in [4.69, 9.17) is 0 Å². The normalized spacial score (nSPS) is 18.7. The van der Waals surface area contributed by atoms with E-state index in [0.29, 0.717) is 6.54 Å². The van der Waals surface area contributed by atoms with Crippen LogP contribution in [-0.2, 0) is 9.59 Å². The van der Waals surface area contributed by atoms with Gasteiger partial charge in [0, 0.05) is 0 Å². The average molecular weight is 297 g/mol. The molecular weight excluding hydrogens is 266 g/mol. The van der Waals surface area contributed by atoms with Crippen LogP contribution >= 0.6 is 0 Å². The standard InChI is InChI=1S/C16H31N3O2/c1-5-17-10-14-6-8-19(9-7-14)11-15(21)18-16(12(2)3)13(4)20/h12,14,16-17H,5-11H2,1-4H3,(H,18,21). The van der Waals surface area contributed by atoms with Crippen LogP contribution in [0.2, 0.25) is 0 Å². The van der Waals surface area contributed by atoms with Crippen molar-refractivity contribution in [3.05, 3.63) is 0 Å². The minimum atomic E-state index is -0.358. The molecule has 1 atom stereocenters. The van der Waals surface area contributed by atoms with Crippen molar-refractivity contribution in [3.8, 4) is 0 Å². The molecule has 2 N–H and O–H groups in total. The number of carbonyl (C=O) groups is 2. The summed E-state index contributed by atoms with van der Waals surface area (Å²) in [4.78, 5) is 25.8. The maximum absolute atomic E-state index is 12.1. The number of amides is 1. The molecule has 1 aliphatic rings. The van der Waals surface area contributed by atoms with E-state index in [1.165, 1.54) is 6.92 Å². The minimum Gasteiger partial charge on any atom is -0.345 e. The summed E-state index contributed by atoms with van der Waals surface area (Å²) in [6.07, 6.45) is 2.28. The van der Waals surface area contributed by atoms with Gasteiger partial charge in [0.15, 0.2) is 5.78 Å². The molecule has 1 aliphatic heterocycles. The first-order valence-corrected chi connectivity index (χ1v) is 8.16. The Morgan fingerprint density at radius 1 is 1.24 bits per heavy atom. The molecule has 1 heterocycles. The predicted molar refractivity (Wildman–Crippen MR) is 85.2 cm³/mol. The predicted octanol–water partition coefficient (Wildman–Crippen LogP) is 1.04. The van der Waals surface area contributed by atoms with Gasteiger partial charge in [-0.05, 0) is 57.8 Å². The lowest BCUT2D eigenvalue weighted by Gasteiger charge is -2.32. The van der Waals surface area contributed by atoms with Crippen molar-refractivity contribution in [3.63, 3.8) is 0 Å². The highest BCUT2D eigenvalue weighted by Gasteiger charge is 2.24. The van der Waals surface area contributed by atoms with Gasteiger partial charge in [0.2, 0.25) is 5.91 Å². The van der Waals surface area contributed by atoms with Gasteiger partial charge in [-0.1, -0.05) is 20.8 Å². The SMILES string of the molecule is CCNCC1CCN(CC(=O)NC(C(C)=O)C(C)C)CC1. The Labute approximate surface area is 128 Å². The Balaban J connectivity index is 2.31. The Morgan fingerprint density at radius 3 is 2.33 bits per heavy atom. The monoisotopic (exact) mass is 297 g/mol. The third-order valence-corrected chi connectivity index (χ3v) is 4.18. The fourth-order valence-corrected chi connectivity index (χ4v) is 2.86. The van der Waals surface area contributed by atoms with Crippen LogP contribution in [0.4, 0.5) is 0 Å². The first kappa shape index (κ1) is 18.1. The molecule has 0 aliphatic carbocycles. The molecule has 0 bridgehead atoms. The van der Waals surface area contributed by atoms with Gasteiger partial charge < -0.3 is 10.6 Å². The molecule has 1 fully saturated rings. The average Bonchev–Trinajstić information content (AvgIpc) is 2.43. The maximum atomic E-state index is 12.1. The van der Waals surface area contributed by atoms with Crippen LogP contribution in [0.25, 0.3) is 0 Å². The molecule has 0 aromatic heterocycles. The number of Topliss-reactive ketones (excluding diaryl/α,β-unsaturated/α-hetero) is 1. The summed E-state index contributed by atoms with van der Waals surface area (Å²) >= 11 is 0. The zero-order valence-corrected chi connectivity index (χ0v) is 13.9. The molecule has 1 unspecified atom stereocenters. The smallest absolute Gasteiger partial charge is 0.234 e. The molecule has 0 spiro atoms. The molecule has 0 radical (unpaired) electrons. The number of hydrogen-bond donors (Lipinski definition) is 2. The van der Waals surface area contributed by atoms with Crippen LogP contribution in [-0.4, -0.2) is 55.4 Å². The second-order valence-corrected chi connectivity index (χ2v) is 6.43. The highest BCUT2D eigenvalue weighted by atomic mass is 16.2. The number of hydrogen-bond acceptors (Lipinski definition) is 4. The zero-order chi connectivity index (χ0) is 15.8. The summed E-state index contributed by atoms with van der Waals surface area (Å²) in [5, 5.41) is 6.26. The lowest BCUT2D eigenvalue weighted by atomic mass is 9.96. The Kier molecular flexibility index (Phi) is 7.89. The fourth-order valence-electron chi connectivity index (χ4n) is 2.86. The molecule has 0 saturated carbocycles. The van der Waals surface area contributed by atoms with E-state index in [-0.39, 0.29) is 23.7 Å². The quantitative estimate of drug-likeness (QED) is 0.703. The molecule has 1 saturated heterocycles. The molecule has 21 heavy (non-hydrogen) atoms. The largest absolute Gasteiger partial charge is 0.345 e. The van der Waals surface area contributed by atoms with E-state index in [1.807, 2.05) is 13.8 Å². The molecule has 5 nitrogen and oxygen atoms in total. The van der Waals surface area contributed by atoms with E-state index in [1.54, 1.807) is 0 Å². The topological polar surface area (TPSA) is 61.4 Å².